The molecule has 0 amide bonds. The van der Waals surface area contributed by atoms with Crippen molar-refractivity contribution in [3.05, 3.63) is 0 Å². The van der Waals surface area contributed by atoms with Gasteiger partial charge in [0.1, 0.15) is 0 Å². The van der Waals surface area contributed by atoms with E-state index in [4.69, 9.17) is 0 Å². The molecule has 0 radical (unpaired) electrons. The third kappa shape index (κ3) is 0.800. The minimum Gasteiger partial charge on any atom is -0.311 e. The van der Waals surface area contributed by atoms with Gasteiger partial charge in [0.15, 0.2) is 0 Å². The molecule has 3 saturated carbocycles. The summed E-state index contributed by atoms with van der Waals surface area (Å²) >= 11 is 0. The molecule has 1 nitrogen and oxygen atoms in total. The lowest BCUT2D eigenvalue weighted by Gasteiger charge is -2.12. The Morgan fingerprint density at radius 1 is 1.00 bits per heavy atom. The zero-order valence-corrected chi connectivity index (χ0v) is 6.34. The second kappa shape index (κ2) is 1.76. The van der Waals surface area contributed by atoms with Crippen LogP contribution in [0.25, 0.3) is 0 Å². The van der Waals surface area contributed by atoms with Crippen molar-refractivity contribution in [2.45, 2.75) is 44.2 Å². The van der Waals surface area contributed by atoms with Gasteiger partial charge in [0.25, 0.3) is 0 Å². The highest BCUT2D eigenvalue weighted by Crippen LogP contribution is 2.52. The molecule has 0 aromatic carbocycles. The summed E-state index contributed by atoms with van der Waals surface area (Å²) in [7, 11) is 0. The van der Waals surface area contributed by atoms with Gasteiger partial charge in [0, 0.05) is 12.1 Å². The van der Waals surface area contributed by atoms with E-state index in [1.54, 1.807) is 6.42 Å². The summed E-state index contributed by atoms with van der Waals surface area (Å²) in [5.74, 6) is 2.26. The van der Waals surface area contributed by atoms with E-state index in [0.29, 0.717) is 0 Å². The van der Waals surface area contributed by atoms with Crippen LogP contribution in [0, 0.1) is 11.8 Å². The fraction of sp³-hybridized carbons (Fsp3) is 1.00. The average molecular weight is 137 g/mol. The predicted molar refractivity (Wildman–Crippen MR) is 40.8 cm³/mol. The zero-order valence-electron chi connectivity index (χ0n) is 6.34. The lowest BCUT2D eigenvalue weighted by Crippen LogP contribution is -2.30. The Kier molecular flexibility index (Phi) is 0.984. The van der Waals surface area contributed by atoms with E-state index < -0.39 is 0 Å². The number of hydrogen-bond donors (Lipinski definition) is 1. The van der Waals surface area contributed by atoms with Crippen molar-refractivity contribution in [3.63, 3.8) is 0 Å². The Morgan fingerprint density at radius 3 is 2.40 bits per heavy atom. The number of nitrogens with one attached hydrogen (secondary N) is 1. The molecule has 0 spiro atoms. The van der Waals surface area contributed by atoms with Crippen molar-refractivity contribution in [1.82, 2.24) is 5.32 Å². The van der Waals surface area contributed by atoms with Crippen LogP contribution in [0.1, 0.15) is 32.1 Å². The molecule has 0 aromatic heterocycles. The summed E-state index contributed by atoms with van der Waals surface area (Å²) in [5.41, 5.74) is 0. The molecular weight excluding hydrogens is 122 g/mol. The molecule has 0 bridgehead atoms. The first-order valence-corrected chi connectivity index (χ1v) is 4.69. The molecule has 3 aliphatic rings. The second-order valence-corrected chi connectivity index (χ2v) is 4.28. The molecule has 0 aliphatic heterocycles. The van der Waals surface area contributed by atoms with Crippen LogP contribution in [0.2, 0.25) is 0 Å². The normalized spacial score (nSPS) is 51.0. The van der Waals surface area contributed by atoms with Crippen molar-refractivity contribution < 1.29 is 0 Å². The fourth-order valence-corrected chi connectivity index (χ4v) is 2.46. The van der Waals surface area contributed by atoms with Gasteiger partial charge in [0.05, 0.1) is 0 Å². The van der Waals surface area contributed by atoms with Gasteiger partial charge in [-0.3, -0.25) is 0 Å². The van der Waals surface area contributed by atoms with E-state index in [0.717, 1.165) is 23.9 Å². The van der Waals surface area contributed by atoms with E-state index in [-0.39, 0.29) is 0 Å². The molecule has 0 heterocycles. The van der Waals surface area contributed by atoms with E-state index >= 15 is 0 Å². The highest BCUT2D eigenvalue weighted by atomic mass is 15.0. The van der Waals surface area contributed by atoms with Gasteiger partial charge < -0.3 is 5.32 Å². The van der Waals surface area contributed by atoms with Gasteiger partial charge >= 0.3 is 0 Å². The monoisotopic (exact) mass is 137 g/mol. The molecule has 0 aromatic rings. The Labute approximate surface area is 62.2 Å². The predicted octanol–water partition coefficient (Wildman–Crippen LogP) is 1.54. The summed E-state index contributed by atoms with van der Waals surface area (Å²) in [4.78, 5) is 0. The van der Waals surface area contributed by atoms with Gasteiger partial charge in [-0.1, -0.05) is 0 Å². The highest BCUT2D eigenvalue weighted by Gasteiger charge is 2.48. The minimum absolute atomic E-state index is 0.935. The Balaban J connectivity index is 1.60. The summed E-state index contributed by atoms with van der Waals surface area (Å²) in [6, 6.07) is 1.88. The standard InChI is InChI=1S/C9H15N/c1-4-9(8-5-6(1)8)10-7-2-3-7/h6-10H,1-5H2/t6-,8+,9-/m0/s1. The quantitative estimate of drug-likeness (QED) is 0.608. The third-order valence-corrected chi connectivity index (χ3v) is 3.37. The maximum Gasteiger partial charge on any atom is 0.0101 e. The first kappa shape index (κ1) is 5.59. The van der Waals surface area contributed by atoms with Crippen LogP contribution < -0.4 is 5.32 Å². The van der Waals surface area contributed by atoms with Crippen LogP contribution in [0.4, 0.5) is 0 Å². The lowest BCUT2D eigenvalue weighted by molar-refractivity contribution is 0.472. The Morgan fingerprint density at radius 2 is 1.90 bits per heavy atom. The van der Waals surface area contributed by atoms with Crippen molar-refractivity contribution in [2.24, 2.45) is 11.8 Å². The smallest absolute Gasteiger partial charge is 0.0101 e. The van der Waals surface area contributed by atoms with Gasteiger partial charge in [-0.2, -0.15) is 0 Å². The molecule has 1 heteroatoms. The minimum atomic E-state index is 0.935. The number of hydrogen-bond acceptors (Lipinski definition) is 1. The summed E-state index contributed by atoms with van der Waals surface area (Å²) in [6.45, 7) is 0. The topological polar surface area (TPSA) is 12.0 Å². The lowest BCUT2D eigenvalue weighted by atomic mass is 10.2. The third-order valence-electron chi connectivity index (χ3n) is 3.37. The number of fused-ring (bicyclic) bond motifs is 1. The highest BCUT2D eigenvalue weighted by molar-refractivity contribution is 5.03. The van der Waals surface area contributed by atoms with E-state index in [2.05, 4.69) is 5.32 Å². The van der Waals surface area contributed by atoms with Crippen molar-refractivity contribution in [1.29, 1.82) is 0 Å². The Hall–Kier alpha value is -0.0400. The molecular formula is C9H15N. The van der Waals surface area contributed by atoms with Crippen LogP contribution in [-0.4, -0.2) is 12.1 Å². The molecule has 56 valence electrons. The fourth-order valence-electron chi connectivity index (χ4n) is 2.46. The maximum atomic E-state index is 3.74. The van der Waals surface area contributed by atoms with Gasteiger partial charge in [0.2, 0.25) is 0 Å². The molecule has 3 aliphatic carbocycles. The SMILES string of the molecule is C1CC1N[C@H]1CC[C@H]2C[C@H]21. The van der Waals surface area contributed by atoms with Crippen molar-refractivity contribution in [2.75, 3.05) is 0 Å². The van der Waals surface area contributed by atoms with Crippen molar-refractivity contribution >= 4 is 0 Å². The molecule has 0 saturated heterocycles. The molecule has 10 heavy (non-hydrogen) atoms. The van der Waals surface area contributed by atoms with Crippen LogP contribution in [0.15, 0.2) is 0 Å². The van der Waals surface area contributed by atoms with Crippen LogP contribution in [0.3, 0.4) is 0 Å². The molecule has 3 fully saturated rings. The summed E-state index contributed by atoms with van der Waals surface area (Å²) in [6.07, 6.45) is 7.45. The molecule has 3 atom stereocenters. The number of rotatable bonds is 2. The molecule has 0 unspecified atom stereocenters. The summed E-state index contributed by atoms with van der Waals surface area (Å²) in [5, 5.41) is 3.74. The van der Waals surface area contributed by atoms with Crippen LogP contribution in [-0.2, 0) is 0 Å². The first-order chi connectivity index (χ1) is 4.93. The van der Waals surface area contributed by atoms with Crippen LogP contribution >= 0.6 is 0 Å². The second-order valence-electron chi connectivity index (χ2n) is 4.28. The van der Waals surface area contributed by atoms with Crippen molar-refractivity contribution in [3.8, 4) is 0 Å². The largest absolute Gasteiger partial charge is 0.311 e. The van der Waals surface area contributed by atoms with E-state index in [1.165, 1.54) is 25.7 Å². The summed E-state index contributed by atoms with van der Waals surface area (Å²) < 4.78 is 0. The van der Waals surface area contributed by atoms with Gasteiger partial charge in [-0.15, -0.1) is 0 Å². The molecule has 3 rings (SSSR count). The maximum absolute atomic E-state index is 3.74. The van der Waals surface area contributed by atoms with E-state index in [1.807, 2.05) is 0 Å². The molecule has 1 N–H and O–H groups in total. The van der Waals surface area contributed by atoms with Gasteiger partial charge in [-0.25, -0.2) is 0 Å². The van der Waals surface area contributed by atoms with E-state index in [9.17, 15) is 0 Å². The zero-order chi connectivity index (χ0) is 6.55. The average Bonchev–Trinajstić information content (AvgIpc) is 2.74. The van der Waals surface area contributed by atoms with Crippen LogP contribution in [0.5, 0.6) is 0 Å². The first-order valence-electron chi connectivity index (χ1n) is 4.69. The Bertz CT molecular complexity index is 151. The van der Waals surface area contributed by atoms with Gasteiger partial charge in [-0.05, 0) is 43.9 Å².